The fraction of sp³-hybridized carbons (Fsp3) is 0.400. The van der Waals surface area contributed by atoms with E-state index in [1.165, 1.54) is 0 Å². The Hall–Kier alpha value is -3.10. The van der Waals surface area contributed by atoms with Gasteiger partial charge in [0.25, 0.3) is 5.91 Å². The average Bonchev–Trinajstić information content (AvgIpc) is 3.07. The van der Waals surface area contributed by atoms with Gasteiger partial charge in [0.2, 0.25) is 5.91 Å². The highest BCUT2D eigenvalue weighted by atomic mass is 35.5. The second kappa shape index (κ2) is 9.64. The number of urea groups is 1. The lowest BCUT2D eigenvalue weighted by Gasteiger charge is -2.38. The molecule has 4 rings (SSSR count). The number of hydrogen-bond acceptors (Lipinski definition) is 5. The molecule has 0 bridgehead atoms. The van der Waals surface area contributed by atoms with E-state index in [0.717, 1.165) is 15.5 Å². The fourth-order valence-corrected chi connectivity index (χ4v) is 4.86. The molecule has 0 radical (unpaired) electrons. The summed E-state index contributed by atoms with van der Waals surface area (Å²) in [5.74, 6) is -0.0336. The highest BCUT2D eigenvalue weighted by Gasteiger charge is 2.49. The Morgan fingerprint density at radius 3 is 2.35 bits per heavy atom. The molecule has 0 spiro atoms. The number of nitrogens with one attached hydrogen (secondary N) is 1. The number of rotatable bonds is 6. The molecular weight excluding hydrogens is 456 g/mol. The highest BCUT2D eigenvalue weighted by Crippen LogP contribution is 2.31. The lowest BCUT2D eigenvalue weighted by Crippen LogP contribution is -2.52. The van der Waals surface area contributed by atoms with Crippen LogP contribution in [0.25, 0.3) is 0 Å². The number of hydrogen-bond donors (Lipinski definition) is 1. The Labute approximate surface area is 204 Å². The molecule has 180 valence electrons. The summed E-state index contributed by atoms with van der Waals surface area (Å²) in [6, 6.07) is 14.3. The van der Waals surface area contributed by atoms with E-state index in [9.17, 15) is 14.4 Å². The van der Waals surface area contributed by atoms with Gasteiger partial charge in [-0.3, -0.25) is 19.4 Å². The van der Waals surface area contributed by atoms with Gasteiger partial charge in [-0.1, -0.05) is 41.9 Å². The van der Waals surface area contributed by atoms with Gasteiger partial charge in [-0.15, -0.1) is 0 Å². The first-order valence-electron chi connectivity index (χ1n) is 11.3. The highest BCUT2D eigenvalue weighted by molar-refractivity contribution is 6.31. The van der Waals surface area contributed by atoms with E-state index in [1.807, 2.05) is 24.3 Å². The molecule has 9 heteroatoms. The smallest absolute Gasteiger partial charge is 0.325 e. The Morgan fingerprint density at radius 1 is 1.09 bits per heavy atom. The molecule has 8 nitrogen and oxygen atoms in total. The van der Waals surface area contributed by atoms with Crippen LogP contribution in [0.5, 0.6) is 5.75 Å². The molecule has 0 saturated carbocycles. The van der Waals surface area contributed by atoms with E-state index >= 15 is 0 Å². The van der Waals surface area contributed by atoms with Gasteiger partial charge in [-0.25, -0.2) is 4.79 Å². The Bertz CT molecular complexity index is 1080. The predicted octanol–water partition coefficient (Wildman–Crippen LogP) is 3.02. The van der Waals surface area contributed by atoms with Gasteiger partial charge in [0.1, 0.15) is 17.8 Å². The lowest BCUT2D eigenvalue weighted by molar-refractivity contribution is -0.140. The van der Waals surface area contributed by atoms with Gasteiger partial charge < -0.3 is 15.0 Å². The molecule has 2 aliphatic heterocycles. The van der Waals surface area contributed by atoms with Crippen molar-refractivity contribution in [2.75, 3.05) is 39.8 Å². The first-order valence-corrected chi connectivity index (χ1v) is 11.7. The molecule has 1 N–H and O–H groups in total. The number of halogens is 1. The van der Waals surface area contributed by atoms with E-state index in [0.29, 0.717) is 37.5 Å². The minimum absolute atomic E-state index is 0.127. The van der Waals surface area contributed by atoms with E-state index in [1.54, 1.807) is 43.2 Å². The molecule has 2 atom stereocenters. The second-order valence-electron chi connectivity index (χ2n) is 8.79. The minimum atomic E-state index is -1.23. The summed E-state index contributed by atoms with van der Waals surface area (Å²) >= 11 is 6.35. The molecule has 34 heavy (non-hydrogen) atoms. The monoisotopic (exact) mass is 484 g/mol. The summed E-state index contributed by atoms with van der Waals surface area (Å²) in [6.45, 7) is 5.88. The number of nitrogens with zero attached hydrogens (tertiary/aromatic N) is 3. The largest absolute Gasteiger partial charge is 0.497 e. The van der Waals surface area contributed by atoms with Crippen molar-refractivity contribution < 1.29 is 19.1 Å². The van der Waals surface area contributed by atoms with Crippen LogP contribution in [0.4, 0.5) is 4.79 Å². The lowest BCUT2D eigenvalue weighted by atomic mass is 9.92. The molecule has 2 fully saturated rings. The van der Waals surface area contributed by atoms with Gasteiger partial charge in [0.15, 0.2) is 0 Å². The number of amides is 4. The van der Waals surface area contributed by atoms with Crippen LogP contribution >= 0.6 is 11.6 Å². The van der Waals surface area contributed by atoms with E-state index in [2.05, 4.69) is 17.1 Å². The summed E-state index contributed by atoms with van der Waals surface area (Å²) in [7, 11) is 1.56. The van der Waals surface area contributed by atoms with Crippen molar-refractivity contribution in [3.8, 4) is 5.75 Å². The van der Waals surface area contributed by atoms with Crippen LogP contribution in [-0.2, 0) is 15.1 Å². The van der Waals surface area contributed by atoms with Crippen molar-refractivity contribution in [2.24, 2.45) is 0 Å². The van der Waals surface area contributed by atoms with Gasteiger partial charge in [0, 0.05) is 37.2 Å². The molecular formula is C25H29ClN4O4. The Kier molecular flexibility index (Phi) is 6.81. The van der Waals surface area contributed by atoms with Gasteiger partial charge >= 0.3 is 6.03 Å². The third kappa shape index (κ3) is 4.48. The second-order valence-corrected chi connectivity index (χ2v) is 9.20. The van der Waals surface area contributed by atoms with Crippen molar-refractivity contribution in [3.05, 3.63) is 64.7 Å². The molecule has 2 saturated heterocycles. The van der Waals surface area contributed by atoms with Crippen LogP contribution in [0.1, 0.15) is 31.0 Å². The Balaban J connectivity index is 1.37. The number of imide groups is 1. The summed E-state index contributed by atoms with van der Waals surface area (Å²) in [4.78, 5) is 43.7. The first-order chi connectivity index (χ1) is 16.2. The molecule has 0 aliphatic carbocycles. The normalized spacial score (nSPS) is 22.0. The quantitative estimate of drug-likeness (QED) is 0.637. The van der Waals surface area contributed by atoms with Crippen molar-refractivity contribution in [3.63, 3.8) is 0 Å². The third-order valence-electron chi connectivity index (χ3n) is 6.81. The van der Waals surface area contributed by atoms with Crippen molar-refractivity contribution >= 4 is 29.4 Å². The number of carbonyl (C=O) groups is 3. The van der Waals surface area contributed by atoms with Crippen molar-refractivity contribution in [2.45, 2.75) is 25.4 Å². The maximum atomic E-state index is 13.2. The number of benzene rings is 2. The SMILES string of the molecule is COc1ccc(C2(C)NC(=O)N(CC(=O)N3CCN(C(C)c4ccccc4Cl)CC3)C2=O)cc1. The maximum absolute atomic E-state index is 13.2. The van der Waals surface area contributed by atoms with Gasteiger partial charge in [-0.05, 0) is 43.2 Å². The molecule has 2 aliphatic rings. The minimum Gasteiger partial charge on any atom is -0.497 e. The predicted molar refractivity (Wildman–Crippen MR) is 129 cm³/mol. The van der Waals surface area contributed by atoms with Crippen LogP contribution in [0, 0.1) is 0 Å². The van der Waals surface area contributed by atoms with Crippen LogP contribution in [0.2, 0.25) is 5.02 Å². The molecule has 4 amide bonds. The number of methoxy groups -OCH3 is 1. The zero-order chi connectivity index (χ0) is 24.5. The first kappa shape index (κ1) is 24.0. The standard InChI is InChI=1S/C25H29ClN4O4/c1-17(20-6-4-5-7-21(20)26)28-12-14-29(15-13-28)22(31)16-30-23(32)25(2,27-24(30)33)18-8-10-19(34-3)11-9-18/h4-11,17H,12-16H2,1-3H3,(H,27,33). The zero-order valence-corrected chi connectivity index (χ0v) is 20.3. The van der Waals surface area contributed by atoms with E-state index < -0.39 is 17.5 Å². The van der Waals surface area contributed by atoms with E-state index in [4.69, 9.17) is 16.3 Å². The molecule has 2 aromatic carbocycles. The zero-order valence-electron chi connectivity index (χ0n) is 19.6. The number of ether oxygens (including phenoxy) is 1. The summed E-state index contributed by atoms with van der Waals surface area (Å²) in [5.41, 5.74) is 0.456. The van der Waals surface area contributed by atoms with Gasteiger partial charge in [0.05, 0.1) is 7.11 Å². The van der Waals surface area contributed by atoms with Crippen molar-refractivity contribution in [1.29, 1.82) is 0 Å². The summed E-state index contributed by atoms with van der Waals surface area (Å²) in [6.07, 6.45) is 0. The Morgan fingerprint density at radius 2 is 1.74 bits per heavy atom. The van der Waals surface area contributed by atoms with Crippen LogP contribution in [0.15, 0.2) is 48.5 Å². The van der Waals surface area contributed by atoms with Crippen LogP contribution < -0.4 is 10.1 Å². The fourth-order valence-electron chi connectivity index (χ4n) is 4.57. The third-order valence-corrected chi connectivity index (χ3v) is 7.15. The molecule has 2 heterocycles. The number of piperazine rings is 1. The average molecular weight is 485 g/mol. The molecule has 2 aromatic rings. The van der Waals surface area contributed by atoms with Gasteiger partial charge in [-0.2, -0.15) is 0 Å². The number of carbonyl (C=O) groups excluding carboxylic acids is 3. The maximum Gasteiger partial charge on any atom is 0.325 e. The summed E-state index contributed by atoms with van der Waals surface area (Å²) < 4.78 is 5.16. The topological polar surface area (TPSA) is 82.2 Å². The summed E-state index contributed by atoms with van der Waals surface area (Å²) in [5, 5.41) is 3.47. The molecule has 2 unspecified atom stereocenters. The van der Waals surface area contributed by atoms with Crippen LogP contribution in [0.3, 0.4) is 0 Å². The van der Waals surface area contributed by atoms with Crippen molar-refractivity contribution in [1.82, 2.24) is 20.0 Å². The van der Waals surface area contributed by atoms with E-state index in [-0.39, 0.29) is 18.5 Å². The molecule has 0 aromatic heterocycles. The van der Waals surface area contributed by atoms with Crippen LogP contribution in [-0.4, -0.2) is 72.4 Å².